The van der Waals surface area contributed by atoms with E-state index in [0.717, 1.165) is 40.2 Å². The van der Waals surface area contributed by atoms with Crippen molar-refractivity contribution in [3.8, 4) is 11.5 Å². The molecule has 0 aliphatic carbocycles. The van der Waals surface area contributed by atoms with Crippen LogP contribution in [0.25, 0.3) is 0 Å². The number of allylic oxidation sites excluding steroid dienone is 1. The third-order valence-corrected chi connectivity index (χ3v) is 6.76. The molecule has 0 saturated carbocycles. The van der Waals surface area contributed by atoms with Crippen molar-refractivity contribution in [1.82, 2.24) is 0 Å². The van der Waals surface area contributed by atoms with Gasteiger partial charge in [0.15, 0.2) is 0 Å². The molecule has 4 nitrogen and oxygen atoms in total. The van der Waals surface area contributed by atoms with Crippen LogP contribution in [-0.2, 0) is 17.6 Å². The molecule has 2 aromatic carbocycles. The average molecular weight is 477 g/mol. The van der Waals surface area contributed by atoms with Gasteiger partial charge < -0.3 is 14.6 Å². The third kappa shape index (κ3) is 6.88. The molecule has 0 unspecified atom stereocenters. The summed E-state index contributed by atoms with van der Waals surface area (Å²) in [4.78, 5) is 10.9. The molecule has 0 aliphatic rings. The summed E-state index contributed by atoms with van der Waals surface area (Å²) < 4.78 is 11.4. The molecule has 4 heteroatoms. The minimum atomic E-state index is -0.822. The fourth-order valence-corrected chi connectivity index (χ4v) is 4.15. The highest BCUT2D eigenvalue weighted by Crippen LogP contribution is 2.34. The van der Waals surface area contributed by atoms with Gasteiger partial charge in [-0.15, -0.1) is 6.58 Å². The highest BCUT2D eigenvalue weighted by Gasteiger charge is 2.18. The minimum Gasteiger partial charge on any atom is -0.493 e. The second-order valence-electron chi connectivity index (χ2n) is 8.54. The number of aliphatic carboxylic acids is 1. The molecule has 194 valence electrons. The largest absolute Gasteiger partial charge is 0.493 e. The predicted octanol–water partition coefficient (Wildman–Crippen LogP) is 8.12. The molecule has 34 heavy (non-hydrogen) atoms. The summed E-state index contributed by atoms with van der Waals surface area (Å²) >= 11 is 0. The van der Waals surface area contributed by atoms with Crippen molar-refractivity contribution < 1.29 is 22.2 Å². The Labute approximate surface area is 211 Å². The predicted molar refractivity (Wildman–Crippen MR) is 149 cm³/mol. The van der Waals surface area contributed by atoms with Gasteiger partial charge >= 0.3 is 5.97 Å². The Hall–Kier alpha value is -2.75. The maximum atomic E-state index is 10.9. The van der Waals surface area contributed by atoms with E-state index in [1.54, 1.807) is 0 Å². The molecule has 0 radical (unpaired) electrons. The summed E-state index contributed by atoms with van der Waals surface area (Å²) in [7, 11) is 0. The van der Waals surface area contributed by atoms with E-state index in [9.17, 15) is 4.79 Å². The molecular weight excluding hydrogens is 424 g/mol. The lowest BCUT2D eigenvalue weighted by Crippen LogP contribution is -2.09. The summed E-state index contributed by atoms with van der Waals surface area (Å²) in [5, 5.41) is 8.98. The number of carboxylic acids is 1. The van der Waals surface area contributed by atoms with E-state index in [0.29, 0.717) is 13.2 Å². The van der Waals surface area contributed by atoms with Crippen LogP contribution in [-0.4, -0.2) is 24.3 Å². The first-order valence-corrected chi connectivity index (χ1v) is 11.7. The highest BCUT2D eigenvalue weighted by atomic mass is 16.5. The van der Waals surface area contributed by atoms with Crippen molar-refractivity contribution in [2.24, 2.45) is 0 Å². The van der Waals surface area contributed by atoms with E-state index in [1.165, 1.54) is 33.4 Å². The Morgan fingerprint density at radius 1 is 0.735 bits per heavy atom. The maximum absolute atomic E-state index is 10.9. The molecule has 0 spiro atoms. The van der Waals surface area contributed by atoms with E-state index in [-0.39, 0.29) is 16.7 Å². The van der Waals surface area contributed by atoms with E-state index < -0.39 is 5.97 Å². The van der Waals surface area contributed by atoms with Crippen LogP contribution >= 0.6 is 0 Å². The van der Waals surface area contributed by atoms with Gasteiger partial charge in [-0.05, 0) is 120 Å². The summed E-state index contributed by atoms with van der Waals surface area (Å²) in [6, 6.07) is 0. The number of hydrogen-bond donors (Lipinski definition) is 1. The Balaban J connectivity index is -0.000000559. The van der Waals surface area contributed by atoms with E-state index in [1.807, 2.05) is 47.6 Å². The first kappa shape index (κ1) is 31.2. The fourth-order valence-electron chi connectivity index (χ4n) is 4.15. The Morgan fingerprint density at radius 3 is 1.44 bits per heavy atom. The zero-order chi connectivity index (χ0) is 25.5. The third-order valence-electron chi connectivity index (χ3n) is 6.76. The van der Waals surface area contributed by atoms with Gasteiger partial charge in [-0.2, -0.15) is 0 Å². The van der Waals surface area contributed by atoms with Crippen molar-refractivity contribution in [2.75, 3.05) is 13.2 Å². The maximum Gasteiger partial charge on any atom is 0.307 e. The standard InChI is InChI=1S/C15H22O.C14H20O3.CH4.2H2/c1-7-9-14-12(5)10(3)11(4)13(6)15(14)16-8-2;1-6-17-14-11(5)9(3)8(2)10(4)12(14)7-13(15)16;;;/h7H,1,8-9H2,2-6H3;6-7H2,1-5H3,(H,15,16);1H4;2*1H/i;;;2*1+1. The van der Waals surface area contributed by atoms with Crippen LogP contribution in [0.2, 0.25) is 0 Å². The second kappa shape index (κ2) is 13.8. The fraction of sp³-hybridized carbons (Fsp3) is 0.500. The first-order valence-electron chi connectivity index (χ1n) is 11.7. The minimum absolute atomic E-state index is 0. The van der Waals surface area contributed by atoms with Crippen LogP contribution in [0.3, 0.4) is 0 Å². The van der Waals surface area contributed by atoms with Crippen LogP contribution in [0.5, 0.6) is 11.5 Å². The molecule has 1 N–H and O–H groups in total. The lowest BCUT2D eigenvalue weighted by Gasteiger charge is -2.19. The number of hydrogen-bond acceptors (Lipinski definition) is 3. The summed E-state index contributed by atoms with van der Waals surface area (Å²) in [6.45, 7) is 25.7. The van der Waals surface area contributed by atoms with Crippen molar-refractivity contribution in [3.05, 3.63) is 68.3 Å². The molecule has 2 rings (SSSR count). The zero-order valence-corrected chi connectivity index (χ0v) is 22.3. The van der Waals surface area contributed by atoms with Gasteiger partial charge in [0.05, 0.1) is 19.6 Å². The van der Waals surface area contributed by atoms with Crippen LogP contribution in [0.4, 0.5) is 0 Å². The van der Waals surface area contributed by atoms with Crippen molar-refractivity contribution in [3.63, 3.8) is 0 Å². The van der Waals surface area contributed by atoms with Crippen molar-refractivity contribution >= 4 is 5.97 Å². The van der Waals surface area contributed by atoms with Crippen LogP contribution in [0, 0.1) is 55.4 Å². The van der Waals surface area contributed by atoms with Gasteiger partial charge in [0.2, 0.25) is 0 Å². The van der Waals surface area contributed by atoms with Crippen molar-refractivity contribution in [2.45, 2.75) is 89.5 Å². The van der Waals surface area contributed by atoms with Gasteiger partial charge in [0.1, 0.15) is 11.5 Å². The topological polar surface area (TPSA) is 55.8 Å². The molecule has 0 aromatic heterocycles. The number of carboxylic acid groups (broad SMARTS) is 1. The van der Waals surface area contributed by atoms with E-state index in [4.69, 9.17) is 14.6 Å². The van der Waals surface area contributed by atoms with Crippen LogP contribution < -0.4 is 9.47 Å². The highest BCUT2D eigenvalue weighted by molar-refractivity contribution is 5.73. The van der Waals surface area contributed by atoms with Gasteiger partial charge in [-0.1, -0.05) is 13.5 Å². The first-order chi connectivity index (χ1) is 15.4. The van der Waals surface area contributed by atoms with Gasteiger partial charge in [0.25, 0.3) is 0 Å². The van der Waals surface area contributed by atoms with Gasteiger partial charge in [-0.25, -0.2) is 0 Å². The van der Waals surface area contributed by atoms with Gasteiger partial charge in [-0.3, -0.25) is 4.79 Å². The van der Waals surface area contributed by atoms with E-state index in [2.05, 4.69) is 34.3 Å². The van der Waals surface area contributed by atoms with Crippen LogP contribution in [0.1, 0.15) is 79.8 Å². The molecular formula is C30H50O4. The SMILES string of the molecule is C.C=CCc1c(C)c(C)c(C)c(C)c1OCC.CCOc1c(C)c(C)c(C)c(C)c1CC(=O)O.[2HH].[2HH]. The molecule has 0 bridgehead atoms. The molecule has 0 fully saturated rings. The van der Waals surface area contributed by atoms with E-state index >= 15 is 0 Å². The second-order valence-corrected chi connectivity index (χ2v) is 8.54. The molecule has 0 aliphatic heterocycles. The molecule has 0 heterocycles. The van der Waals surface area contributed by atoms with Crippen molar-refractivity contribution in [1.29, 1.82) is 0 Å². The normalized spacial score (nSPS) is 10.1. The molecule has 2 aromatic rings. The summed E-state index contributed by atoms with van der Waals surface area (Å²) in [6.07, 6.45) is 2.84. The Kier molecular flexibility index (Phi) is 12.7. The summed E-state index contributed by atoms with van der Waals surface area (Å²) in [5.74, 6) is 0.982. The lowest BCUT2D eigenvalue weighted by atomic mass is 9.91. The number of carbonyl (C=O) groups is 1. The quantitative estimate of drug-likeness (QED) is 0.391. The molecule has 0 saturated heterocycles. The average Bonchev–Trinajstić information content (AvgIpc) is 2.78. The zero-order valence-electron chi connectivity index (χ0n) is 22.3. The lowest BCUT2D eigenvalue weighted by molar-refractivity contribution is -0.136. The van der Waals surface area contributed by atoms with Crippen LogP contribution in [0.15, 0.2) is 12.7 Å². The molecule has 0 atom stereocenters. The number of rotatable bonds is 8. The van der Waals surface area contributed by atoms with Gasteiger partial charge in [0, 0.05) is 14.0 Å². The monoisotopic (exact) mass is 476 g/mol. The number of benzene rings is 2. The molecule has 0 amide bonds. The Bertz CT molecular complexity index is 1030. The smallest absolute Gasteiger partial charge is 0.307 e. The summed E-state index contributed by atoms with van der Waals surface area (Å²) in [5.41, 5.74) is 11.8. The number of ether oxygens (including phenoxy) is 2. The Morgan fingerprint density at radius 2 is 1.09 bits per heavy atom.